The first-order valence-corrected chi connectivity index (χ1v) is 5.42. The molecular weight excluding hydrogens is 252 g/mol. The molecule has 0 saturated carbocycles. The molecule has 0 unspecified atom stereocenters. The number of aromatic nitrogens is 1. The smallest absolute Gasteiger partial charge is 0.310 e. The average Bonchev–Trinajstić information content (AvgIpc) is 2.23. The topological polar surface area (TPSA) is 39.2 Å². The second-order valence-corrected chi connectivity index (χ2v) is 3.77. The van der Waals surface area contributed by atoms with Crippen molar-refractivity contribution >= 4 is 17.6 Å². The Morgan fingerprint density at radius 3 is 2.76 bits per heavy atom. The van der Waals surface area contributed by atoms with E-state index in [2.05, 4.69) is 4.98 Å². The molecule has 1 aromatic rings. The maximum absolute atomic E-state index is 12.9. The maximum atomic E-state index is 12.9. The van der Waals surface area contributed by atoms with E-state index < -0.39 is 12.4 Å². The van der Waals surface area contributed by atoms with Gasteiger partial charge in [0.05, 0.1) is 18.1 Å². The van der Waals surface area contributed by atoms with Gasteiger partial charge in [-0.1, -0.05) is 11.6 Å². The summed E-state index contributed by atoms with van der Waals surface area (Å²) in [6.45, 7) is 3.29. The molecule has 0 saturated heterocycles. The number of halogens is 3. The van der Waals surface area contributed by atoms with Crippen molar-refractivity contribution in [3.05, 3.63) is 28.0 Å². The highest BCUT2D eigenvalue weighted by Crippen LogP contribution is 2.30. The Labute approximate surface area is 103 Å². The summed E-state index contributed by atoms with van der Waals surface area (Å²) in [6.07, 6.45) is -1.72. The Kier molecular flexibility index (Phi) is 4.81. The second-order valence-electron chi connectivity index (χ2n) is 3.37. The number of hydrogen-bond acceptors (Lipinski definition) is 3. The zero-order chi connectivity index (χ0) is 13.0. The molecular formula is C11H12ClF2NO2. The highest BCUT2D eigenvalue weighted by Gasteiger charge is 2.21. The van der Waals surface area contributed by atoms with Crippen LogP contribution in [0.4, 0.5) is 8.78 Å². The average molecular weight is 264 g/mol. The molecule has 3 nitrogen and oxygen atoms in total. The molecule has 1 rings (SSSR count). The van der Waals surface area contributed by atoms with Crippen LogP contribution in [0.3, 0.4) is 0 Å². The molecule has 0 aliphatic carbocycles. The lowest BCUT2D eigenvalue weighted by Gasteiger charge is -2.12. The lowest BCUT2D eigenvalue weighted by atomic mass is 10.0. The quantitative estimate of drug-likeness (QED) is 0.784. The van der Waals surface area contributed by atoms with Crippen LogP contribution in [-0.4, -0.2) is 17.6 Å². The third-order valence-electron chi connectivity index (χ3n) is 2.22. The van der Waals surface area contributed by atoms with Crippen LogP contribution in [0.2, 0.25) is 5.02 Å². The van der Waals surface area contributed by atoms with Crippen molar-refractivity contribution in [1.29, 1.82) is 0 Å². The Balaban J connectivity index is 3.12. The number of pyridine rings is 1. The van der Waals surface area contributed by atoms with E-state index in [1.165, 1.54) is 13.1 Å². The molecule has 1 aromatic heterocycles. The Morgan fingerprint density at radius 1 is 1.59 bits per heavy atom. The lowest BCUT2D eigenvalue weighted by molar-refractivity contribution is -0.142. The van der Waals surface area contributed by atoms with E-state index in [-0.39, 0.29) is 34.9 Å². The van der Waals surface area contributed by atoms with Gasteiger partial charge in [0.2, 0.25) is 0 Å². The van der Waals surface area contributed by atoms with Crippen LogP contribution in [0.15, 0.2) is 6.20 Å². The van der Waals surface area contributed by atoms with E-state index in [1.54, 1.807) is 6.92 Å². The zero-order valence-electron chi connectivity index (χ0n) is 9.47. The molecule has 17 heavy (non-hydrogen) atoms. The van der Waals surface area contributed by atoms with Crippen molar-refractivity contribution in [3.63, 3.8) is 0 Å². The molecule has 0 aliphatic rings. The number of ether oxygens (including phenoxy) is 1. The molecule has 94 valence electrons. The molecule has 0 spiro atoms. The van der Waals surface area contributed by atoms with E-state index >= 15 is 0 Å². The fourth-order valence-electron chi connectivity index (χ4n) is 1.47. The zero-order valence-corrected chi connectivity index (χ0v) is 10.2. The van der Waals surface area contributed by atoms with Gasteiger partial charge in [0.1, 0.15) is 0 Å². The Hall–Kier alpha value is -1.23. The van der Waals surface area contributed by atoms with Gasteiger partial charge >= 0.3 is 5.97 Å². The Bertz CT molecular complexity index is 424. The fraction of sp³-hybridized carbons (Fsp3) is 0.455. The molecule has 6 heteroatoms. The Morgan fingerprint density at radius 2 is 2.24 bits per heavy atom. The molecule has 0 fully saturated rings. The van der Waals surface area contributed by atoms with E-state index in [0.29, 0.717) is 0 Å². The molecule has 0 amide bonds. The number of nitrogens with zero attached hydrogens (tertiary/aromatic N) is 1. The number of aryl methyl sites for hydroxylation is 1. The number of rotatable bonds is 4. The highest BCUT2D eigenvalue weighted by molar-refractivity contribution is 6.31. The summed E-state index contributed by atoms with van der Waals surface area (Å²) in [6, 6.07) is 0. The van der Waals surface area contributed by atoms with Gasteiger partial charge in [-0.05, 0) is 19.4 Å². The van der Waals surface area contributed by atoms with Gasteiger partial charge < -0.3 is 4.74 Å². The molecule has 0 N–H and O–H groups in total. The third-order valence-corrected chi connectivity index (χ3v) is 2.55. The first-order chi connectivity index (χ1) is 7.97. The van der Waals surface area contributed by atoms with Crippen LogP contribution in [0, 0.1) is 6.92 Å². The maximum Gasteiger partial charge on any atom is 0.310 e. The third kappa shape index (κ3) is 3.36. The molecule has 0 aliphatic heterocycles. The van der Waals surface area contributed by atoms with Crippen molar-refractivity contribution in [2.75, 3.05) is 6.61 Å². The molecule has 0 bridgehead atoms. The van der Waals surface area contributed by atoms with Gasteiger partial charge in [-0.3, -0.25) is 9.78 Å². The van der Waals surface area contributed by atoms with Crippen molar-refractivity contribution in [2.45, 2.75) is 26.7 Å². The number of esters is 1. The van der Waals surface area contributed by atoms with Crippen LogP contribution in [0.5, 0.6) is 0 Å². The van der Waals surface area contributed by atoms with E-state index in [9.17, 15) is 13.6 Å². The van der Waals surface area contributed by atoms with Gasteiger partial charge in [0, 0.05) is 17.5 Å². The van der Waals surface area contributed by atoms with E-state index in [0.717, 1.165) is 0 Å². The van der Waals surface area contributed by atoms with Crippen molar-refractivity contribution in [1.82, 2.24) is 4.98 Å². The summed E-state index contributed by atoms with van der Waals surface area (Å²) in [5, 5.41) is 0.0546. The van der Waals surface area contributed by atoms with Crippen molar-refractivity contribution < 1.29 is 18.3 Å². The van der Waals surface area contributed by atoms with Crippen molar-refractivity contribution in [3.8, 4) is 0 Å². The monoisotopic (exact) mass is 263 g/mol. The first-order valence-electron chi connectivity index (χ1n) is 5.05. The second kappa shape index (κ2) is 5.91. The molecule has 0 atom stereocenters. The minimum Gasteiger partial charge on any atom is -0.466 e. The standard InChI is InChI=1S/C11H12ClF2NO2/c1-3-17-9(16)4-7-8(12)5-15-6(2)10(7)11(13)14/h5,11H,3-4H2,1-2H3. The number of carbonyl (C=O) groups excluding carboxylic acids is 1. The summed E-state index contributed by atoms with van der Waals surface area (Å²) in [5.41, 5.74) is -0.0260. The van der Waals surface area contributed by atoms with Crippen LogP contribution < -0.4 is 0 Å². The molecule has 0 aromatic carbocycles. The van der Waals surface area contributed by atoms with Crippen molar-refractivity contribution in [2.24, 2.45) is 0 Å². The summed E-state index contributed by atoms with van der Waals surface area (Å²) < 4.78 is 30.4. The lowest BCUT2D eigenvalue weighted by Crippen LogP contribution is -2.11. The van der Waals surface area contributed by atoms with Crippen LogP contribution in [0.25, 0.3) is 0 Å². The normalized spacial score (nSPS) is 10.7. The van der Waals surface area contributed by atoms with Gasteiger partial charge in [-0.15, -0.1) is 0 Å². The van der Waals surface area contributed by atoms with E-state index in [1.807, 2.05) is 0 Å². The number of carbonyl (C=O) groups is 1. The van der Waals surface area contributed by atoms with Crippen LogP contribution >= 0.6 is 11.6 Å². The van der Waals surface area contributed by atoms with Crippen LogP contribution in [0.1, 0.15) is 30.2 Å². The molecule has 1 heterocycles. The van der Waals surface area contributed by atoms with Gasteiger partial charge in [0.15, 0.2) is 0 Å². The summed E-state index contributed by atoms with van der Waals surface area (Å²) in [4.78, 5) is 15.1. The minimum atomic E-state index is -2.72. The number of hydrogen-bond donors (Lipinski definition) is 0. The first kappa shape index (κ1) is 13.8. The summed E-state index contributed by atoms with van der Waals surface area (Å²) in [7, 11) is 0. The molecule has 0 radical (unpaired) electrons. The summed E-state index contributed by atoms with van der Waals surface area (Å²) in [5.74, 6) is -0.582. The number of alkyl halides is 2. The van der Waals surface area contributed by atoms with Gasteiger partial charge in [-0.2, -0.15) is 0 Å². The fourth-order valence-corrected chi connectivity index (χ4v) is 1.69. The SMILES string of the molecule is CCOC(=O)Cc1c(Cl)cnc(C)c1C(F)F. The largest absolute Gasteiger partial charge is 0.466 e. The van der Waals surface area contributed by atoms with Gasteiger partial charge in [-0.25, -0.2) is 8.78 Å². The highest BCUT2D eigenvalue weighted by atomic mass is 35.5. The van der Waals surface area contributed by atoms with Gasteiger partial charge in [0.25, 0.3) is 6.43 Å². The predicted molar refractivity (Wildman–Crippen MR) is 59.3 cm³/mol. The summed E-state index contributed by atoms with van der Waals surface area (Å²) >= 11 is 5.79. The van der Waals surface area contributed by atoms with E-state index in [4.69, 9.17) is 16.3 Å². The van der Waals surface area contributed by atoms with Crippen LogP contribution in [-0.2, 0) is 16.0 Å². The predicted octanol–water partition coefficient (Wildman–Crippen LogP) is 3.09. The minimum absolute atomic E-state index is 0.0546.